The normalized spacial score (nSPS) is 17.6. The first-order valence-corrected chi connectivity index (χ1v) is 6.63. The predicted octanol–water partition coefficient (Wildman–Crippen LogP) is -0.711. The maximum atomic E-state index is 12.2. The molecule has 0 saturated carbocycles. The number of carbonyl (C=O) groups excluding carboxylic acids is 1. The van der Waals surface area contributed by atoms with E-state index in [0.29, 0.717) is 18.3 Å². The number of piperidine rings is 1. The minimum absolute atomic E-state index is 0.0722. The van der Waals surface area contributed by atoms with Crippen molar-refractivity contribution >= 4 is 5.91 Å². The van der Waals surface area contributed by atoms with Gasteiger partial charge in [0.2, 0.25) is 5.91 Å². The van der Waals surface area contributed by atoms with E-state index in [-0.39, 0.29) is 12.5 Å². The topological polar surface area (TPSA) is 80.3 Å². The fraction of sp³-hybridized carbons (Fsp3) is 0.750. The van der Waals surface area contributed by atoms with Crippen LogP contribution in [0.2, 0.25) is 0 Å². The molecule has 7 heteroatoms. The molecular weight excluding hydrogens is 244 g/mol. The zero-order chi connectivity index (χ0) is 13.8. The first kappa shape index (κ1) is 14.0. The van der Waals surface area contributed by atoms with Gasteiger partial charge in [0.05, 0.1) is 11.9 Å². The first-order chi connectivity index (χ1) is 9.10. The Morgan fingerprint density at radius 3 is 2.79 bits per heavy atom. The molecule has 0 spiro atoms. The summed E-state index contributed by atoms with van der Waals surface area (Å²) in [6, 6.07) is 0.334. The molecule has 0 bridgehead atoms. The van der Waals surface area contributed by atoms with Gasteiger partial charge in [0.25, 0.3) is 0 Å². The third-order valence-electron chi connectivity index (χ3n) is 3.72. The monoisotopic (exact) mass is 266 g/mol. The smallest absolute Gasteiger partial charge is 0.244 e. The molecule has 2 N–H and O–H groups in total. The zero-order valence-corrected chi connectivity index (χ0v) is 11.6. The Balaban J connectivity index is 1.88. The number of amides is 1. The van der Waals surface area contributed by atoms with E-state index < -0.39 is 0 Å². The highest BCUT2D eigenvalue weighted by Gasteiger charge is 2.24. The molecule has 0 atom stereocenters. The van der Waals surface area contributed by atoms with Gasteiger partial charge in [-0.2, -0.15) is 0 Å². The molecule has 106 valence electrons. The van der Waals surface area contributed by atoms with Crippen LogP contribution in [0.5, 0.6) is 0 Å². The van der Waals surface area contributed by atoms with E-state index in [9.17, 15) is 4.79 Å². The highest BCUT2D eigenvalue weighted by molar-refractivity contribution is 5.75. The first-order valence-electron chi connectivity index (χ1n) is 6.63. The molecule has 0 aliphatic carbocycles. The van der Waals surface area contributed by atoms with Gasteiger partial charge in [0.15, 0.2) is 0 Å². The van der Waals surface area contributed by atoms with Gasteiger partial charge in [-0.3, -0.25) is 4.79 Å². The zero-order valence-electron chi connectivity index (χ0n) is 11.6. The summed E-state index contributed by atoms with van der Waals surface area (Å²) in [5.74, 6) is 0.0722. The Labute approximate surface area is 113 Å². The third kappa shape index (κ3) is 3.51. The summed E-state index contributed by atoms with van der Waals surface area (Å²) >= 11 is 0. The number of nitrogens with zero attached hydrogens (tertiary/aromatic N) is 5. The van der Waals surface area contributed by atoms with E-state index in [4.69, 9.17) is 5.73 Å². The maximum absolute atomic E-state index is 12.2. The van der Waals surface area contributed by atoms with Crippen LogP contribution in [0.4, 0.5) is 0 Å². The van der Waals surface area contributed by atoms with Gasteiger partial charge in [-0.15, -0.1) is 5.10 Å². The van der Waals surface area contributed by atoms with Crippen LogP contribution in [0.25, 0.3) is 0 Å². The average Bonchev–Trinajstić information content (AvgIpc) is 2.86. The minimum Gasteiger partial charge on any atom is -0.341 e. The van der Waals surface area contributed by atoms with Gasteiger partial charge in [-0.05, 0) is 33.0 Å². The van der Waals surface area contributed by atoms with E-state index >= 15 is 0 Å². The van der Waals surface area contributed by atoms with Crippen molar-refractivity contribution in [2.24, 2.45) is 5.73 Å². The van der Waals surface area contributed by atoms with E-state index in [1.54, 1.807) is 10.9 Å². The summed E-state index contributed by atoms with van der Waals surface area (Å²) in [6.07, 6.45) is 3.79. The van der Waals surface area contributed by atoms with Crippen LogP contribution in [-0.4, -0.2) is 63.9 Å². The van der Waals surface area contributed by atoms with E-state index in [1.807, 2.05) is 11.9 Å². The fourth-order valence-electron chi connectivity index (χ4n) is 2.35. The van der Waals surface area contributed by atoms with Crippen molar-refractivity contribution in [3.05, 3.63) is 11.9 Å². The molecule has 1 fully saturated rings. The number of aromatic nitrogens is 3. The van der Waals surface area contributed by atoms with Gasteiger partial charge in [-0.25, -0.2) is 4.68 Å². The molecule has 1 aromatic rings. The summed E-state index contributed by atoms with van der Waals surface area (Å²) in [7, 11) is 3.99. The standard InChI is InChI=1S/C12H22N6O/c1-16-5-3-11(4-6-16)17(2)12(19)9-18-8-10(7-13)14-15-18/h8,11H,3-7,9,13H2,1-2H3. The molecule has 1 aliphatic heterocycles. The Hall–Kier alpha value is -1.47. The summed E-state index contributed by atoms with van der Waals surface area (Å²) < 4.78 is 1.55. The second kappa shape index (κ2) is 6.12. The summed E-state index contributed by atoms with van der Waals surface area (Å²) in [6.45, 7) is 2.67. The molecule has 19 heavy (non-hydrogen) atoms. The quantitative estimate of drug-likeness (QED) is 0.778. The maximum Gasteiger partial charge on any atom is 0.244 e. The van der Waals surface area contributed by atoms with Gasteiger partial charge in [-0.1, -0.05) is 5.21 Å². The van der Waals surface area contributed by atoms with Crippen molar-refractivity contribution in [3.8, 4) is 0 Å². The molecule has 2 heterocycles. The molecule has 1 aliphatic rings. The number of rotatable bonds is 4. The molecule has 1 saturated heterocycles. The molecule has 0 aromatic carbocycles. The number of nitrogens with two attached hydrogens (primary N) is 1. The van der Waals surface area contributed by atoms with Crippen molar-refractivity contribution in [2.45, 2.75) is 32.0 Å². The van der Waals surface area contributed by atoms with Gasteiger partial charge in [0.1, 0.15) is 6.54 Å². The van der Waals surface area contributed by atoms with E-state index in [0.717, 1.165) is 25.9 Å². The average molecular weight is 266 g/mol. The van der Waals surface area contributed by atoms with Crippen LogP contribution >= 0.6 is 0 Å². The van der Waals surface area contributed by atoms with Crippen LogP contribution in [0.1, 0.15) is 18.5 Å². The predicted molar refractivity (Wildman–Crippen MR) is 71.2 cm³/mol. The Bertz CT molecular complexity index is 424. The Morgan fingerprint density at radius 1 is 1.53 bits per heavy atom. The second-order valence-corrected chi connectivity index (χ2v) is 5.15. The SMILES string of the molecule is CN1CCC(N(C)C(=O)Cn2cc(CN)nn2)CC1. The molecule has 7 nitrogen and oxygen atoms in total. The van der Waals surface area contributed by atoms with Gasteiger partial charge in [0, 0.05) is 19.6 Å². The van der Waals surface area contributed by atoms with Crippen molar-refractivity contribution in [1.82, 2.24) is 24.8 Å². The van der Waals surface area contributed by atoms with E-state index in [1.165, 1.54) is 0 Å². The lowest BCUT2D eigenvalue weighted by molar-refractivity contribution is -0.133. The van der Waals surface area contributed by atoms with Crippen LogP contribution in [-0.2, 0) is 17.9 Å². The number of carbonyl (C=O) groups is 1. The largest absolute Gasteiger partial charge is 0.341 e. The van der Waals surface area contributed by atoms with Gasteiger partial charge >= 0.3 is 0 Å². The van der Waals surface area contributed by atoms with Crippen molar-refractivity contribution in [3.63, 3.8) is 0 Å². The lowest BCUT2D eigenvalue weighted by atomic mass is 10.0. The molecule has 1 aromatic heterocycles. The Morgan fingerprint density at radius 2 is 2.21 bits per heavy atom. The molecule has 0 unspecified atom stereocenters. The third-order valence-corrected chi connectivity index (χ3v) is 3.72. The molecule has 0 radical (unpaired) electrons. The minimum atomic E-state index is 0.0722. The number of hydrogen-bond acceptors (Lipinski definition) is 5. The van der Waals surface area contributed by atoms with Crippen LogP contribution in [0, 0.1) is 0 Å². The van der Waals surface area contributed by atoms with Crippen LogP contribution in [0.3, 0.4) is 0 Å². The summed E-state index contributed by atoms with van der Waals surface area (Å²) in [4.78, 5) is 16.3. The van der Waals surface area contributed by atoms with Crippen molar-refractivity contribution in [1.29, 1.82) is 0 Å². The summed E-state index contributed by atoms with van der Waals surface area (Å²) in [5.41, 5.74) is 6.17. The van der Waals surface area contributed by atoms with Crippen LogP contribution < -0.4 is 5.73 Å². The van der Waals surface area contributed by atoms with Gasteiger partial charge < -0.3 is 15.5 Å². The highest BCUT2D eigenvalue weighted by Crippen LogP contribution is 2.14. The number of likely N-dealkylation sites (tertiary alicyclic amines) is 1. The number of likely N-dealkylation sites (N-methyl/N-ethyl adjacent to an activating group) is 1. The van der Waals surface area contributed by atoms with E-state index in [2.05, 4.69) is 22.3 Å². The van der Waals surface area contributed by atoms with Crippen molar-refractivity contribution in [2.75, 3.05) is 27.2 Å². The summed E-state index contributed by atoms with van der Waals surface area (Å²) in [5, 5.41) is 7.78. The highest BCUT2D eigenvalue weighted by atomic mass is 16.2. The molecule has 1 amide bonds. The van der Waals surface area contributed by atoms with Crippen molar-refractivity contribution < 1.29 is 4.79 Å². The number of hydrogen-bond donors (Lipinski definition) is 1. The molecular formula is C12H22N6O. The second-order valence-electron chi connectivity index (χ2n) is 5.15. The van der Waals surface area contributed by atoms with Crippen LogP contribution in [0.15, 0.2) is 6.20 Å². The lowest BCUT2D eigenvalue weighted by Crippen LogP contribution is -2.45. The molecule has 2 rings (SSSR count). The lowest BCUT2D eigenvalue weighted by Gasteiger charge is -2.35. The fourth-order valence-corrected chi connectivity index (χ4v) is 2.35. The Kier molecular flexibility index (Phi) is 4.49.